The molecule has 0 amide bonds. The van der Waals surface area contributed by atoms with E-state index in [4.69, 9.17) is 0 Å². The second-order valence-electron chi connectivity index (χ2n) is 7.40. The van der Waals surface area contributed by atoms with E-state index in [1.165, 1.54) is 51.1 Å². The molecule has 2 aliphatic rings. The van der Waals surface area contributed by atoms with Crippen LogP contribution in [0.3, 0.4) is 0 Å². The molecule has 0 radical (unpaired) electrons. The molecular formula is C21H26FN3. The summed E-state index contributed by atoms with van der Waals surface area (Å²) in [7, 11) is 0. The maximum atomic E-state index is 14.3. The van der Waals surface area contributed by atoms with Crippen LogP contribution >= 0.6 is 0 Å². The lowest BCUT2D eigenvalue weighted by molar-refractivity contribution is 0.118. The SMILES string of the molecule is Fc1ccccc1-c1nccnc1[C@@H]1CCCN(C2CCCCC2)C1. The minimum absolute atomic E-state index is 0.218. The molecule has 0 unspecified atom stereocenters. The highest BCUT2D eigenvalue weighted by atomic mass is 19.1. The van der Waals surface area contributed by atoms with Gasteiger partial charge in [-0.2, -0.15) is 0 Å². The molecule has 1 aromatic carbocycles. The number of halogens is 1. The summed E-state index contributed by atoms with van der Waals surface area (Å²) in [4.78, 5) is 11.8. The molecule has 1 atom stereocenters. The Hall–Kier alpha value is -1.81. The molecule has 1 saturated carbocycles. The fourth-order valence-electron chi connectivity index (χ4n) is 4.52. The molecule has 3 nitrogen and oxygen atoms in total. The normalized spacial score (nSPS) is 22.8. The average molecular weight is 339 g/mol. The van der Waals surface area contributed by atoms with Crippen molar-refractivity contribution in [2.24, 2.45) is 0 Å². The average Bonchev–Trinajstić information content (AvgIpc) is 2.69. The maximum Gasteiger partial charge on any atom is 0.132 e. The Bertz CT molecular complexity index is 712. The maximum absolute atomic E-state index is 14.3. The lowest BCUT2D eigenvalue weighted by Crippen LogP contribution is -2.43. The summed E-state index contributed by atoms with van der Waals surface area (Å²) < 4.78 is 14.3. The van der Waals surface area contributed by atoms with E-state index in [1.807, 2.05) is 12.1 Å². The fraction of sp³-hybridized carbons (Fsp3) is 0.524. The van der Waals surface area contributed by atoms with Gasteiger partial charge in [-0.1, -0.05) is 31.4 Å². The van der Waals surface area contributed by atoms with Crippen molar-refractivity contribution in [1.82, 2.24) is 14.9 Å². The first-order valence-corrected chi connectivity index (χ1v) is 9.63. The smallest absolute Gasteiger partial charge is 0.132 e. The van der Waals surface area contributed by atoms with Crippen molar-refractivity contribution in [3.05, 3.63) is 48.2 Å². The summed E-state index contributed by atoms with van der Waals surface area (Å²) in [5.41, 5.74) is 2.25. The third kappa shape index (κ3) is 3.59. The number of nitrogens with zero attached hydrogens (tertiary/aromatic N) is 3. The Labute approximate surface area is 149 Å². The van der Waals surface area contributed by atoms with E-state index in [1.54, 1.807) is 18.5 Å². The summed E-state index contributed by atoms with van der Waals surface area (Å²) >= 11 is 0. The molecule has 2 heterocycles. The van der Waals surface area contributed by atoms with Gasteiger partial charge in [-0.3, -0.25) is 14.9 Å². The van der Waals surface area contributed by atoms with Crippen LogP contribution in [0, 0.1) is 5.82 Å². The van der Waals surface area contributed by atoms with Crippen LogP contribution in [0.2, 0.25) is 0 Å². The quantitative estimate of drug-likeness (QED) is 0.805. The van der Waals surface area contributed by atoms with Crippen LogP contribution in [0.1, 0.15) is 56.6 Å². The summed E-state index contributed by atoms with van der Waals surface area (Å²) in [6.45, 7) is 2.22. The van der Waals surface area contributed by atoms with E-state index in [9.17, 15) is 4.39 Å². The zero-order valence-corrected chi connectivity index (χ0v) is 14.7. The van der Waals surface area contributed by atoms with E-state index in [2.05, 4.69) is 14.9 Å². The van der Waals surface area contributed by atoms with Gasteiger partial charge < -0.3 is 0 Å². The van der Waals surface area contributed by atoms with Gasteiger partial charge in [0.1, 0.15) is 5.82 Å². The van der Waals surface area contributed by atoms with Crippen molar-refractivity contribution >= 4 is 0 Å². The molecule has 4 heteroatoms. The first-order chi connectivity index (χ1) is 12.3. The molecule has 4 rings (SSSR count). The largest absolute Gasteiger partial charge is 0.300 e. The Morgan fingerprint density at radius 2 is 1.72 bits per heavy atom. The molecule has 2 fully saturated rings. The van der Waals surface area contributed by atoms with Crippen LogP contribution < -0.4 is 0 Å². The van der Waals surface area contributed by atoms with Crippen LogP contribution in [0.4, 0.5) is 4.39 Å². The summed E-state index contributed by atoms with van der Waals surface area (Å²) in [5, 5.41) is 0. The first-order valence-electron chi connectivity index (χ1n) is 9.63. The highest BCUT2D eigenvalue weighted by Gasteiger charge is 2.30. The van der Waals surface area contributed by atoms with Gasteiger partial charge in [0.25, 0.3) is 0 Å². The van der Waals surface area contributed by atoms with Gasteiger partial charge in [-0.05, 0) is 44.4 Å². The van der Waals surface area contributed by atoms with Crippen molar-refractivity contribution in [1.29, 1.82) is 0 Å². The van der Waals surface area contributed by atoms with Gasteiger partial charge in [0.2, 0.25) is 0 Å². The fourth-order valence-corrected chi connectivity index (χ4v) is 4.52. The van der Waals surface area contributed by atoms with Crippen LogP contribution in [0.5, 0.6) is 0 Å². The molecule has 0 bridgehead atoms. The van der Waals surface area contributed by atoms with E-state index in [0.717, 1.165) is 30.4 Å². The second kappa shape index (κ2) is 7.61. The molecule has 0 N–H and O–H groups in total. The third-order valence-electron chi connectivity index (χ3n) is 5.79. The van der Waals surface area contributed by atoms with Gasteiger partial charge >= 0.3 is 0 Å². The number of hydrogen-bond acceptors (Lipinski definition) is 3. The summed E-state index contributed by atoms with van der Waals surface area (Å²) in [6, 6.07) is 7.63. The molecule has 1 aliphatic carbocycles. The molecule has 0 spiro atoms. The first kappa shape index (κ1) is 16.6. The molecule has 132 valence electrons. The van der Waals surface area contributed by atoms with Crippen molar-refractivity contribution in [3.63, 3.8) is 0 Å². The standard InChI is InChI=1S/C21H26FN3/c22-19-11-5-4-10-18(19)21-20(23-12-13-24-21)16-7-6-14-25(15-16)17-8-2-1-3-9-17/h4-5,10-13,16-17H,1-3,6-9,14-15H2/t16-/m1/s1. The van der Waals surface area contributed by atoms with Crippen molar-refractivity contribution in [3.8, 4) is 11.3 Å². The number of likely N-dealkylation sites (tertiary alicyclic amines) is 1. The Morgan fingerprint density at radius 3 is 2.56 bits per heavy atom. The minimum Gasteiger partial charge on any atom is -0.300 e. The lowest BCUT2D eigenvalue weighted by Gasteiger charge is -2.40. The van der Waals surface area contributed by atoms with Gasteiger partial charge in [0, 0.05) is 36.5 Å². The Morgan fingerprint density at radius 1 is 0.920 bits per heavy atom. The molecular weight excluding hydrogens is 313 g/mol. The van der Waals surface area contributed by atoms with Crippen molar-refractivity contribution in [2.75, 3.05) is 13.1 Å². The number of benzene rings is 1. The predicted octanol–water partition coefficient (Wildman–Crippen LogP) is 4.79. The number of aromatic nitrogens is 2. The third-order valence-corrected chi connectivity index (χ3v) is 5.79. The van der Waals surface area contributed by atoms with Crippen molar-refractivity contribution < 1.29 is 4.39 Å². The number of rotatable bonds is 3. The highest BCUT2D eigenvalue weighted by Crippen LogP contribution is 2.35. The van der Waals surface area contributed by atoms with Crippen LogP contribution in [-0.4, -0.2) is 34.0 Å². The van der Waals surface area contributed by atoms with E-state index in [-0.39, 0.29) is 5.82 Å². The van der Waals surface area contributed by atoms with Crippen molar-refractivity contribution in [2.45, 2.75) is 56.9 Å². The predicted molar refractivity (Wildman–Crippen MR) is 97.8 cm³/mol. The van der Waals surface area contributed by atoms with Gasteiger partial charge in [-0.25, -0.2) is 4.39 Å². The van der Waals surface area contributed by atoms with E-state index >= 15 is 0 Å². The minimum atomic E-state index is -0.218. The van der Waals surface area contributed by atoms with Crippen LogP contribution in [0.15, 0.2) is 36.7 Å². The lowest BCUT2D eigenvalue weighted by atomic mass is 9.87. The van der Waals surface area contributed by atoms with Gasteiger partial charge in [-0.15, -0.1) is 0 Å². The monoisotopic (exact) mass is 339 g/mol. The van der Waals surface area contributed by atoms with Gasteiger partial charge in [0.05, 0.1) is 11.4 Å². The number of piperidine rings is 1. The zero-order valence-electron chi connectivity index (χ0n) is 14.7. The summed E-state index contributed by atoms with van der Waals surface area (Å²) in [5.74, 6) is 0.128. The summed E-state index contributed by atoms with van der Waals surface area (Å²) in [6.07, 6.45) is 12.5. The van der Waals surface area contributed by atoms with E-state index in [0.29, 0.717) is 11.5 Å². The number of hydrogen-bond donors (Lipinski definition) is 0. The molecule has 1 aliphatic heterocycles. The van der Waals surface area contributed by atoms with E-state index < -0.39 is 0 Å². The van der Waals surface area contributed by atoms with Gasteiger partial charge in [0.15, 0.2) is 0 Å². The zero-order chi connectivity index (χ0) is 17.1. The van der Waals surface area contributed by atoms with Crippen LogP contribution in [-0.2, 0) is 0 Å². The molecule has 1 saturated heterocycles. The van der Waals surface area contributed by atoms with Crippen LogP contribution in [0.25, 0.3) is 11.3 Å². The Balaban J connectivity index is 1.60. The topological polar surface area (TPSA) is 29.0 Å². The molecule has 1 aromatic heterocycles. The Kier molecular flexibility index (Phi) is 5.07. The highest BCUT2D eigenvalue weighted by molar-refractivity contribution is 5.62. The molecule has 25 heavy (non-hydrogen) atoms. The second-order valence-corrected chi connectivity index (χ2v) is 7.40. The molecule has 2 aromatic rings.